The van der Waals surface area contributed by atoms with Gasteiger partial charge in [0.15, 0.2) is 0 Å². The van der Waals surface area contributed by atoms with E-state index in [1.165, 1.54) is 31.2 Å². The molecule has 15 nitrogen and oxygen atoms in total. The summed E-state index contributed by atoms with van der Waals surface area (Å²) in [7, 11) is -8.94. The minimum atomic E-state index is -4.68. The first-order valence-electron chi connectivity index (χ1n) is 10.4. The van der Waals surface area contributed by atoms with E-state index >= 15 is 0 Å². The van der Waals surface area contributed by atoms with E-state index in [1.807, 2.05) is 0 Å². The number of azo groups is 1. The molecule has 0 fully saturated rings. The standard InChI is InChI=1S/C22H20N4O11S2/c1-11-8-13(39(35,36)37)10-18(19(11)27)24-26-20(14-4-2-3-5-15(14)21(28)29)25-23-17-9-12(38(32,33)34)6-7-16(17)22(30)31/h2-10,24,27,32-34H,1H3,(H,28,29)(H,30,31)(H,35,36,37)/b25-23?,26-20-. The van der Waals surface area contributed by atoms with E-state index in [9.17, 15) is 51.5 Å². The van der Waals surface area contributed by atoms with Gasteiger partial charge < -0.3 is 29.0 Å². The lowest BCUT2D eigenvalue weighted by molar-refractivity contribution is 0.0686. The number of aromatic hydroxyl groups is 1. The quantitative estimate of drug-likeness (QED) is 0.0458. The number of nitrogens with zero attached hydrogens (tertiary/aromatic N) is 3. The summed E-state index contributed by atoms with van der Waals surface area (Å²) in [5, 5.41) is 40.9. The van der Waals surface area contributed by atoms with Gasteiger partial charge in [0.25, 0.3) is 10.1 Å². The normalized spacial score (nSPS) is 12.9. The monoisotopic (exact) mass is 580 g/mol. The second kappa shape index (κ2) is 11.2. The molecule has 0 aliphatic rings. The number of phenols is 1. The van der Waals surface area contributed by atoms with Gasteiger partial charge in [0, 0.05) is 5.56 Å². The van der Waals surface area contributed by atoms with Crippen LogP contribution >= 0.6 is 10.9 Å². The smallest absolute Gasteiger partial charge is 0.337 e. The van der Waals surface area contributed by atoms with E-state index in [4.69, 9.17) is 0 Å². The van der Waals surface area contributed by atoms with E-state index in [2.05, 4.69) is 20.8 Å². The van der Waals surface area contributed by atoms with Crippen LogP contribution in [0.4, 0.5) is 11.4 Å². The molecule has 0 aliphatic heterocycles. The zero-order valence-corrected chi connectivity index (χ0v) is 21.3. The van der Waals surface area contributed by atoms with E-state index in [1.54, 1.807) is 0 Å². The number of aryl methyl sites for hydroxylation is 1. The first kappa shape index (κ1) is 29.2. The molecule has 17 heteroatoms. The van der Waals surface area contributed by atoms with Crippen LogP contribution in [-0.4, -0.2) is 59.7 Å². The summed E-state index contributed by atoms with van der Waals surface area (Å²) >= 11 is 0. The largest absolute Gasteiger partial charge is 0.505 e. The van der Waals surface area contributed by atoms with Crippen molar-refractivity contribution in [3.05, 3.63) is 76.9 Å². The molecular weight excluding hydrogens is 560 g/mol. The Morgan fingerprint density at radius 1 is 0.821 bits per heavy atom. The van der Waals surface area contributed by atoms with Gasteiger partial charge in [-0.2, -0.15) is 13.5 Å². The topological polar surface area (TPSA) is 259 Å². The lowest BCUT2D eigenvalue weighted by Gasteiger charge is -2.19. The van der Waals surface area contributed by atoms with E-state index in [0.29, 0.717) is 0 Å². The number of phenolic OH excluding ortho intramolecular Hbond substituents is 1. The van der Waals surface area contributed by atoms with Crippen molar-refractivity contribution < 1.29 is 51.5 Å². The van der Waals surface area contributed by atoms with E-state index < -0.39 is 65.6 Å². The Morgan fingerprint density at radius 3 is 2.00 bits per heavy atom. The van der Waals surface area contributed by atoms with Crippen LogP contribution in [0.5, 0.6) is 5.75 Å². The number of hydrogen-bond acceptors (Lipinski definition) is 11. The van der Waals surface area contributed by atoms with Gasteiger partial charge in [0.05, 0.1) is 26.6 Å². The molecule has 0 spiro atoms. The molecule has 3 rings (SSSR count). The molecule has 206 valence electrons. The molecule has 0 unspecified atom stereocenters. The molecular formula is C22H20N4O11S2. The maximum absolute atomic E-state index is 11.8. The molecule has 0 bridgehead atoms. The molecule has 0 radical (unpaired) electrons. The number of benzene rings is 3. The second-order valence-corrected chi connectivity index (χ2v) is 10.6. The van der Waals surface area contributed by atoms with Gasteiger partial charge in [0.2, 0.25) is 5.84 Å². The molecule has 3 aromatic rings. The molecule has 0 saturated heterocycles. The highest BCUT2D eigenvalue weighted by atomic mass is 32.3. The average molecular weight is 581 g/mol. The molecule has 0 aliphatic carbocycles. The zero-order valence-electron chi connectivity index (χ0n) is 19.6. The van der Waals surface area contributed by atoms with Crippen LogP contribution in [-0.2, 0) is 10.1 Å². The lowest BCUT2D eigenvalue weighted by atomic mass is 10.1. The van der Waals surface area contributed by atoms with Gasteiger partial charge in [0.1, 0.15) is 22.3 Å². The van der Waals surface area contributed by atoms with Crippen LogP contribution in [0.3, 0.4) is 0 Å². The fraction of sp³-hybridized carbons (Fsp3) is 0.0455. The van der Waals surface area contributed by atoms with Crippen LogP contribution < -0.4 is 5.43 Å². The van der Waals surface area contributed by atoms with Crippen molar-refractivity contribution in [3.63, 3.8) is 0 Å². The minimum Gasteiger partial charge on any atom is -0.505 e. The first-order valence-corrected chi connectivity index (χ1v) is 13.3. The predicted octanol–water partition coefficient (Wildman–Crippen LogP) is 4.48. The number of hydrazone groups is 1. The molecule has 39 heavy (non-hydrogen) atoms. The van der Waals surface area contributed by atoms with Crippen molar-refractivity contribution in [2.45, 2.75) is 16.7 Å². The second-order valence-electron chi connectivity index (χ2n) is 7.71. The maximum Gasteiger partial charge on any atom is 0.337 e. The first-order chi connectivity index (χ1) is 18.1. The number of carboxylic acids is 2. The van der Waals surface area contributed by atoms with Crippen molar-refractivity contribution in [2.24, 2.45) is 15.3 Å². The summed E-state index contributed by atoms with van der Waals surface area (Å²) in [4.78, 5) is 22.4. The van der Waals surface area contributed by atoms with Crippen molar-refractivity contribution in [1.29, 1.82) is 0 Å². The number of nitrogens with one attached hydrogen (secondary N) is 1. The minimum absolute atomic E-state index is 0.0304. The van der Waals surface area contributed by atoms with E-state index in [0.717, 1.165) is 30.3 Å². The average Bonchev–Trinajstić information content (AvgIpc) is 2.84. The van der Waals surface area contributed by atoms with Crippen LogP contribution in [0.1, 0.15) is 31.8 Å². The maximum atomic E-state index is 11.8. The molecule has 8 N–H and O–H groups in total. The third-order valence-electron chi connectivity index (χ3n) is 5.02. The van der Waals surface area contributed by atoms with Crippen molar-refractivity contribution in [3.8, 4) is 5.75 Å². The summed E-state index contributed by atoms with van der Waals surface area (Å²) in [6, 6.07) is 9.86. The van der Waals surface area contributed by atoms with Gasteiger partial charge in [-0.3, -0.25) is 9.98 Å². The summed E-state index contributed by atoms with van der Waals surface area (Å²) in [6.45, 7) is 1.34. The summed E-state index contributed by atoms with van der Waals surface area (Å²) in [5.74, 6) is -3.86. The predicted molar refractivity (Wildman–Crippen MR) is 138 cm³/mol. The molecule has 0 amide bonds. The van der Waals surface area contributed by atoms with Crippen LogP contribution in [0.2, 0.25) is 0 Å². The highest BCUT2D eigenvalue weighted by Crippen LogP contribution is 2.45. The van der Waals surface area contributed by atoms with Crippen LogP contribution in [0.15, 0.2) is 79.7 Å². The molecule has 0 saturated carbocycles. The van der Waals surface area contributed by atoms with Gasteiger partial charge in [-0.15, -0.1) is 10.2 Å². The number of carboxylic acid groups (broad SMARTS) is 2. The number of hydrogen-bond donors (Lipinski definition) is 8. The fourth-order valence-corrected chi connectivity index (χ4v) is 4.25. The van der Waals surface area contributed by atoms with Crippen molar-refractivity contribution in [1.82, 2.24) is 0 Å². The van der Waals surface area contributed by atoms with Gasteiger partial charge in [-0.05, 0) is 48.9 Å². The number of anilines is 1. The zero-order chi connectivity index (χ0) is 29.1. The Bertz CT molecular complexity index is 1630. The summed E-state index contributed by atoms with van der Waals surface area (Å²) < 4.78 is 61.1. The SMILES string of the molecule is Cc1cc(S(=O)(=O)O)cc(N/N=C(\N=Nc2cc(S(O)(O)O)ccc2C(=O)O)c2ccccc2C(=O)O)c1O. The summed E-state index contributed by atoms with van der Waals surface area (Å²) in [5.41, 5.74) is 0.613. The lowest BCUT2D eigenvalue weighted by Crippen LogP contribution is -2.09. The van der Waals surface area contributed by atoms with Crippen LogP contribution in [0.25, 0.3) is 0 Å². The number of rotatable bonds is 8. The van der Waals surface area contributed by atoms with Crippen molar-refractivity contribution in [2.75, 3.05) is 5.43 Å². The fourth-order valence-electron chi connectivity index (χ4n) is 3.14. The Hall–Kier alpha value is -4.39. The highest BCUT2D eigenvalue weighted by molar-refractivity contribution is 8.19. The third-order valence-corrected chi connectivity index (χ3v) is 6.74. The Kier molecular flexibility index (Phi) is 8.34. The Labute approximate surface area is 221 Å². The number of aromatic carboxylic acids is 2. The Morgan fingerprint density at radius 2 is 1.44 bits per heavy atom. The molecule has 3 aromatic carbocycles. The van der Waals surface area contributed by atoms with Gasteiger partial charge in [-0.25, -0.2) is 9.59 Å². The molecule has 0 heterocycles. The molecule has 0 aromatic heterocycles. The van der Waals surface area contributed by atoms with Crippen molar-refractivity contribution >= 4 is 50.1 Å². The van der Waals surface area contributed by atoms with E-state index in [-0.39, 0.29) is 22.4 Å². The van der Waals surface area contributed by atoms with Gasteiger partial charge >= 0.3 is 11.9 Å². The molecule has 0 atom stereocenters. The number of amidine groups is 1. The van der Waals surface area contributed by atoms with Crippen LogP contribution in [0, 0.1) is 6.92 Å². The number of carbonyl (C=O) groups is 2. The highest BCUT2D eigenvalue weighted by Gasteiger charge is 2.21. The third kappa shape index (κ3) is 6.93. The summed E-state index contributed by atoms with van der Waals surface area (Å²) in [6.07, 6.45) is 0. The Balaban J connectivity index is 2.21. The van der Waals surface area contributed by atoms with Gasteiger partial charge in [-0.1, -0.05) is 18.2 Å².